The molecule has 100 valence electrons. The average Bonchev–Trinajstić information content (AvgIpc) is 2.48. The summed E-state index contributed by atoms with van der Waals surface area (Å²) in [5, 5.41) is 3.47. The maximum atomic E-state index is 5.15. The van der Waals surface area contributed by atoms with Gasteiger partial charge in [-0.1, -0.05) is 31.2 Å². The molecule has 0 fully saturated rings. The van der Waals surface area contributed by atoms with E-state index in [1.54, 1.807) is 7.11 Å². The molecule has 2 heteroatoms. The number of methoxy groups -OCH3 is 1. The zero-order valence-electron chi connectivity index (χ0n) is 11.6. The lowest BCUT2D eigenvalue weighted by Crippen LogP contribution is -2.05. The summed E-state index contributed by atoms with van der Waals surface area (Å²) in [5.74, 6) is 0.910. The highest BCUT2D eigenvalue weighted by Crippen LogP contribution is 2.13. The Morgan fingerprint density at radius 1 is 1.00 bits per heavy atom. The fraction of sp³-hybridized carbons (Fsp3) is 0.294. The van der Waals surface area contributed by atoms with Crippen molar-refractivity contribution in [2.75, 3.05) is 19.0 Å². The molecular weight excluding hydrogens is 234 g/mol. The highest BCUT2D eigenvalue weighted by molar-refractivity contribution is 5.45. The monoisotopic (exact) mass is 255 g/mol. The van der Waals surface area contributed by atoms with Gasteiger partial charge in [0, 0.05) is 12.2 Å². The first-order valence-electron chi connectivity index (χ1n) is 6.77. The molecule has 2 rings (SSSR count). The van der Waals surface area contributed by atoms with Gasteiger partial charge in [0.25, 0.3) is 0 Å². The van der Waals surface area contributed by atoms with Gasteiger partial charge in [-0.2, -0.15) is 0 Å². The summed E-state index contributed by atoms with van der Waals surface area (Å²) >= 11 is 0. The number of hydrogen-bond donors (Lipinski definition) is 1. The first-order valence-corrected chi connectivity index (χ1v) is 6.77. The van der Waals surface area contributed by atoms with Crippen molar-refractivity contribution in [1.29, 1.82) is 0 Å². The molecule has 2 aromatic carbocycles. The summed E-state index contributed by atoms with van der Waals surface area (Å²) in [6.45, 7) is 3.12. The Hall–Kier alpha value is -1.96. The molecule has 0 amide bonds. The van der Waals surface area contributed by atoms with Crippen LogP contribution in [0, 0.1) is 0 Å². The van der Waals surface area contributed by atoms with E-state index in [1.807, 2.05) is 12.1 Å². The normalized spacial score (nSPS) is 10.2. The lowest BCUT2D eigenvalue weighted by atomic mass is 10.1. The molecule has 0 aliphatic rings. The van der Waals surface area contributed by atoms with Gasteiger partial charge in [-0.3, -0.25) is 0 Å². The van der Waals surface area contributed by atoms with Crippen LogP contribution in [0.15, 0.2) is 48.5 Å². The molecule has 0 atom stereocenters. The van der Waals surface area contributed by atoms with Crippen LogP contribution >= 0.6 is 0 Å². The standard InChI is InChI=1S/C17H21NO/c1-3-14-5-4-6-16(13-14)18-12-11-15-7-9-17(19-2)10-8-15/h4-10,13,18H,3,11-12H2,1-2H3. The minimum atomic E-state index is 0.910. The second-order valence-corrected chi connectivity index (χ2v) is 4.58. The first kappa shape index (κ1) is 13.5. The Kier molecular flexibility index (Phi) is 4.85. The number of benzene rings is 2. The smallest absolute Gasteiger partial charge is 0.118 e. The molecule has 1 N–H and O–H groups in total. The number of rotatable bonds is 6. The van der Waals surface area contributed by atoms with Crippen LogP contribution in [-0.4, -0.2) is 13.7 Å². The van der Waals surface area contributed by atoms with Crippen molar-refractivity contribution in [3.63, 3.8) is 0 Å². The number of anilines is 1. The van der Waals surface area contributed by atoms with Crippen molar-refractivity contribution in [2.24, 2.45) is 0 Å². The summed E-state index contributed by atoms with van der Waals surface area (Å²) in [7, 11) is 1.69. The van der Waals surface area contributed by atoms with E-state index in [-0.39, 0.29) is 0 Å². The molecule has 0 aliphatic heterocycles. The van der Waals surface area contributed by atoms with E-state index in [0.717, 1.165) is 25.1 Å². The van der Waals surface area contributed by atoms with E-state index in [1.165, 1.54) is 16.8 Å². The fourth-order valence-corrected chi connectivity index (χ4v) is 2.04. The second-order valence-electron chi connectivity index (χ2n) is 4.58. The lowest BCUT2D eigenvalue weighted by molar-refractivity contribution is 0.414. The predicted octanol–water partition coefficient (Wildman–Crippen LogP) is 3.91. The Bertz CT molecular complexity index is 505. The van der Waals surface area contributed by atoms with Gasteiger partial charge < -0.3 is 10.1 Å². The summed E-state index contributed by atoms with van der Waals surface area (Å²) in [4.78, 5) is 0. The minimum Gasteiger partial charge on any atom is -0.497 e. The van der Waals surface area contributed by atoms with Crippen LogP contribution in [0.25, 0.3) is 0 Å². The molecule has 0 heterocycles. The van der Waals surface area contributed by atoms with Crippen molar-refractivity contribution < 1.29 is 4.74 Å². The first-order chi connectivity index (χ1) is 9.31. The van der Waals surface area contributed by atoms with Crippen molar-refractivity contribution in [3.05, 3.63) is 59.7 Å². The van der Waals surface area contributed by atoms with Gasteiger partial charge >= 0.3 is 0 Å². The minimum absolute atomic E-state index is 0.910. The van der Waals surface area contributed by atoms with Gasteiger partial charge in [0.15, 0.2) is 0 Å². The number of aryl methyl sites for hydroxylation is 1. The van der Waals surface area contributed by atoms with E-state index < -0.39 is 0 Å². The maximum Gasteiger partial charge on any atom is 0.118 e. The third kappa shape index (κ3) is 4.02. The fourth-order valence-electron chi connectivity index (χ4n) is 2.04. The zero-order chi connectivity index (χ0) is 13.5. The summed E-state index contributed by atoms with van der Waals surface area (Å²) in [6.07, 6.45) is 2.09. The Labute approximate surface area is 115 Å². The van der Waals surface area contributed by atoms with E-state index >= 15 is 0 Å². The van der Waals surface area contributed by atoms with Crippen LogP contribution in [0.3, 0.4) is 0 Å². The van der Waals surface area contributed by atoms with Crippen LogP contribution in [0.2, 0.25) is 0 Å². The van der Waals surface area contributed by atoms with Crippen molar-refractivity contribution in [3.8, 4) is 5.75 Å². The lowest BCUT2D eigenvalue weighted by Gasteiger charge is -2.08. The van der Waals surface area contributed by atoms with Gasteiger partial charge in [-0.25, -0.2) is 0 Å². The van der Waals surface area contributed by atoms with Crippen LogP contribution in [0.5, 0.6) is 5.75 Å². The zero-order valence-corrected chi connectivity index (χ0v) is 11.6. The quantitative estimate of drug-likeness (QED) is 0.845. The number of nitrogens with one attached hydrogen (secondary N) is 1. The molecule has 0 saturated heterocycles. The van der Waals surface area contributed by atoms with Gasteiger partial charge in [-0.05, 0) is 48.2 Å². The average molecular weight is 255 g/mol. The predicted molar refractivity (Wildman–Crippen MR) is 81.0 cm³/mol. The topological polar surface area (TPSA) is 21.3 Å². The molecule has 0 aromatic heterocycles. The summed E-state index contributed by atoms with van der Waals surface area (Å²) in [6, 6.07) is 16.8. The second kappa shape index (κ2) is 6.83. The van der Waals surface area contributed by atoms with Gasteiger partial charge in [0.05, 0.1) is 7.11 Å². The van der Waals surface area contributed by atoms with E-state index in [4.69, 9.17) is 4.74 Å². The SMILES string of the molecule is CCc1cccc(NCCc2ccc(OC)cc2)c1. The van der Waals surface area contributed by atoms with Gasteiger partial charge in [0.2, 0.25) is 0 Å². The van der Waals surface area contributed by atoms with Crippen LogP contribution in [0.4, 0.5) is 5.69 Å². The van der Waals surface area contributed by atoms with Crippen molar-refractivity contribution in [2.45, 2.75) is 19.8 Å². The highest BCUT2D eigenvalue weighted by Gasteiger charge is 1.96. The van der Waals surface area contributed by atoms with Crippen LogP contribution in [0.1, 0.15) is 18.1 Å². The molecule has 0 spiro atoms. The molecule has 19 heavy (non-hydrogen) atoms. The van der Waals surface area contributed by atoms with Crippen LogP contribution in [-0.2, 0) is 12.8 Å². The molecule has 0 bridgehead atoms. The van der Waals surface area contributed by atoms with E-state index in [2.05, 4.69) is 48.6 Å². The third-order valence-electron chi connectivity index (χ3n) is 3.24. The molecule has 2 nitrogen and oxygen atoms in total. The van der Waals surface area contributed by atoms with Crippen LogP contribution < -0.4 is 10.1 Å². The van der Waals surface area contributed by atoms with Gasteiger partial charge in [-0.15, -0.1) is 0 Å². The Morgan fingerprint density at radius 3 is 2.47 bits per heavy atom. The molecule has 0 aliphatic carbocycles. The Morgan fingerprint density at radius 2 is 1.79 bits per heavy atom. The molecular formula is C17H21NO. The largest absolute Gasteiger partial charge is 0.497 e. The Balaban J connectivity index is 1.85. The molecule has 2 aromatic rings. The summed E-state index contributed by atoms with van der Waals surface area (Å²) in [5.41, 5.74) is 3.89. The van der Waals surface area contributed by atoms with Crippen molar-refractivity contribution in [1.82, 2.24) is 0 Å². The molecule has 0 radical (unpaired) electrons. The summed E-state index contributed by atoms with van der Waals surface area (Å²) < 4.78 is 5.15. The third-order valence-corrected chi connectivity index (χ3v) is 3.24. The van der Waals surface area contributed by atoms with Gasteiger partial charge in [0.1, 0.15) is 5.75 Å². The number of hydrogen-bond acceptors (Lipinski definition) is 2. The van der Waals surface area contributed by atoms with Crippen molar-refractivity contribution >= 4 is 5.69 Å². The highest BCUT2D eigenvalue weighted by atomic mass is 16.5. The maximum absolute atomic E-state index is 5.15. The number of ether oxygens (including phenoxy) is 1. The molecule has 0 unspecified atom stereocenters. The van der Waals surface area contributed by atoms with E-state index in [9.17, 15) is 0 Å². The van der Waals surface area contributed by atoms with E-state index in [0.29, 0.717) is 0 Å². The molecule has 0 saturated carbocycles.